The zero-order valence-corrected chi connectivity index (χ0v) is 12.3. The maximum atomic E-state index is 12.2. The summed E-state index contributed by atoms with van der Waals surface area (Å²) in [5.41, 5.74) is 2.68. The first kappa shape index (κ1) is 14.2. The fourth-order valence-corrected chi connectivity index (χ4v) is 1.80. The predicted molar refractivity (Wildman–Crippen MR) is 66.8 cm³/mol. The fourth-order valence-electron chi connectivity index (χ4n) is 1.80. The first-order chi connectivity index (χ1) is 7.83. The van der Waals surface area contributed by atoms with E-state index in [1.807, 2.05) is 54.6 Å². The van der Waals surface area contributed by atoms with E-state index in [2.05, 4.69) is 6.92 Å². The summed E-state index contributed by atoms with van der Waals surface area (Å²) in [7, 11) is 0. The summed E-state index contributed by atoms with van der Waals surface area (Å²) in [5.74, 6) is 0.109. The molecular formula is C15H15NaO. The van der Waals surface area contributed by atoms with Crippen LogP contribution in [0.4, 0.5) is 0 Å². The van der Waals surface area contributed by atoms with Crippen molar-refractivity contribution in [2.45, 2.75) is 13.3 Å². The molecule has 0 amide bonds. The van der Waals surface area contributed by atoms with E-state index in [-0.39, 0.29) is 36.8 Å². The number of carbonyl (C=O) groups excluding carboxylic acids is 1. The maximum Gasteiger partial charge on any atom is 1.00 e. The third kappa shape index (κ3) is 3.29. The summed E-state index contributed by atoms with van der Waals surface area (Å²) in [6, 6.07) is 17.2. The number of ketones is 1. The molecule has 2 aromatic rings. The molecule has 1 nitrogen and oxygen atoms in total. The topological polar surface area (TPSA) is 17.1 Å². The van der Waals surface area contributed by atoms with Crippen LogP contribution < -0.4 is 29.6 Å². The summed E-state index contributed by atoms with van der Waals surface area (Å²) in [5, 5.41) is 0. The van der Waals surface area contributed by atoms with E-state index in [9.17, 15) is 4.79 Å². The number of benzene rings is 2. The standard InChI is InChI=1S/C15H14O.Na.H/c1-2-12-8-6-7-11-14(12)15(16)13-9-4-3-5-10-13;;/h3-11H,2H2,1H3;;/q;+1;-1. The molecule has 0 bridgehead atoms. The zero-order chi connectivity index (χ0) is 11.4. The van der Waals surface area contributed by atoms with E-state index in [0.717, 1.165) is 23.1 Å². The van der Waals surface area contributed by atoms with Gasteiger partial charge in [-0.05, 0) is 12.0 Å². The first-order valence-electron chi connectivity index (χ1n) is 5.50. The van der Waals surface area contributed by atoms with Gasteiger partial charge in [0.2, 0.25) is 0 Å². The number of hydrogen-bond acceptors (Lipinski definition) is 1. The Kier molecular flexibility index (Phi) is 5.63. The number of hydrogen-bond donors (Lipinski definition) is 0. The molecule has 0 heterocycles. The minimum atomic E-state index is 0. The zero-order valence-electron chi connectivity index (χ0n) is 11.3. The van der Waals surface area contributed by atoms with Gasteiger partial charge in [0.25, 0.3) is 0 Å². The molecule has 0 fully saturated rings. The van der Waals surface area contributed by atoms with Crippen molar-refractivity contribution in [3.63, 3.8) is 0 Å². The van der Waals surface area contributed by atoms with Crippen LogP contribution in [0.3, 0.4) is 0 Å². The quantitative estimate of drug-likeness (QED) is 0.561. The van der Waals surface area contributed by atoms with Crippen molar-refractivity contribution in [1.29, 1.82) is 0 Å². The van der Waals surface area contributed by atoms with Gasteiger partial charge in [-0.25, -0.2) is 0 Å². The van der Waals surface area contributed by atoms with E-state index in [1.54, 1.807) is 0 Å². The molecule has 0 N–H and O–H groups in total. The average molecular weight is 234 g/mol. The largest absolute Gasteiger partial charge is 1.00 e. The van der Waals surface area contributed by atoms with Gasteiger partial charge in [0.15, 0.2) is 5.78 Å². The van der Waals surface area contributed by atoms with Gasteiger partial charge in [-0.1, -0.05) is 61.5 Å². The molecule has 0 spiro atoms. The first-order valence-corrected chi connectivity index (χ1v) is 5.50. The van der Waals surface area contributed by atoms with E-state index >= 15 is 0 Å². The van der Waals surface area contributed by atoms with Crippen LogP contribution in [-0.2, 0) is 6.42 Å². The van der Waals surface area contributed by atoms with Gasteiger partial charge in [-0.2, -0.15) is 0 Å². The molecule has 2 heteroatoms. The van der Waals surface area contributed by atoms with Crippen molar-refractivity contribution < 1.29 is 35.8 Å². The monoisotopic (exact) mass is 234 g/mol. The second kappa shape index (κ2) is 6.75. The molecule has 0 radical (unpaired) electrons. The van der Waals surface area contributed by atoms with E-state index in [1.165, 1.54) is 0 Å². The molecule has 0 atom stereocenters. The molecule has 0 unspecified atom stereocenters. The number of carbonyl (C=O) groups is 1. The van der Waals surface area contributed by atoms with E-state index < -0.39 is 0 Å². The predicted octanol–water partition coefficient (Wildman–Crippen LogP) is 0.596. The molecule has 0 aliphatic rings. The molecule has 0 aromatic heterocycles. The van der Waals surface area contributed by atoms with E-state index in [0.29, 0.717) is 0 Å². The molecule has 2 rings (SSSR count). The van der Waals surface area contributed by atoms with Gasteiger partial charge >= 0.3 is 29.6 Å². The van der Waals surface area contributed by atoms with Crippen molar-refractivity contribution in [3.8, 4) is 0 Å². The van der Waals surface area contributed by atoms with Crippen LogP contribution in [0.2, 0.25) is 0 Å². The van der Waals surface area contributed by atoms with Crippen LogP contribution in [0.1, 0.15) is 29.8 Å². The van der Waals surface area contributed by atoms with Gasteiger partial charge in [0.1, 0.15) is 0 Å². The summed E-state index contributed by atoms with van der Waals surface area (Å²) in [4.78, 5) is 12.2. The summed E-state index contributed by atoms with van der Waals surface area (Å²) in [6.07, 6.45) is 0.884. The van der Waals surface area contributed by atoms with Crippen LogP contribution in [0, 0.1) is 0 Å². The fraction of sp³-hybridized carbons (Fsp3) is 0.133. The van der Waals surface area contributed by atoms with Crippen molar-refractivity contribution in [3.05, 3.63) is 71.3 Å². The van der Waals surface area contributed by atoms with Crippen molar-refractivity contribution in [1.82, 2.24) is 0 Å². The maximum absolute atomic E-state index is 12.2. The van der Waals surface area contributed by atoms with Gasteiger partial charge in [0.05, 0.1) is 0 Å². The third-order valence-corrected chi connectivity index (χ3v) is 2.68. The molecule has 17 heavy (non-hydrogen) atoms. The van der Waals surface area contributed by atoms with Gasteiger partial charge in [-0.3, -0.25) is 4.79 Å². The van der Waals surface area contributed by atoms with Gasteiger partial charge in [-0.15, -0.1) is 0 Å². The molecule has 82 valence electrons. The Morgan fingerprint density at radius 1 is 1.00 bits per heavy atom. The normalized spacial score (nSPS) is 9.47. The van der Waals surface area contributed by atoms with Gasteiger partial charge in [0, 0.05) is 11.1 Å². The molecule has 0 aliphatic carbocycles. The summed E-state index contributed by atoms with van der Waals surface area (Å²) >= 11 is 0. The Bertz CT molecular complexity index is 497. The Labute approximate surface area is 126 Å². The third-order valence-electron chi connectivity index (χ3n) is 2.68. The second-order valence-electron chi connectivity index (χ2n) is 3.71. The van der Waals surface area contributed by atoms with Crippen LogP contribution in [-0.4, -0.2) is 5.78 Å². The van der Waals surface area contributed by atoms with E-state index in [4.69, 9.17) is 0 Å². The molecule has 0 saturated carbocycles. The summed E-state index contributed by atoms with van der Waals surface area (Å²) in [6.45, 7) is 2.07. The smallest absolute Gasteiger partial charge is 1.00 e. The molecule has 0 saturated heterocycles. The molecule has 2 aromatic carbocycles. The summed E-state index contributed by atoms with van der Waals surface area (Å²) < 4.78 is 0. The van der Waals surface area contributed by atoms with Gasteiger partial charge < -0.3 is 1.43 Å². The Morgan fingerprint density at radius 2 is 1.59 bits per heavy atom. The Balaban J connectivity index is 0.00000144. The van der Waals surface area contributed by atoms with Crippen LogP contribution in [0.25, 0.3) is 0 Å². The SMILES string of the molecule is CCc1ccccc1C(=O)c1ccccc1.[H-].[Na+]. The van der Waals surface area contributed by atoms with Crippen molar-refractivity contribution in [2.75, 3.05) is 0 Å². The second-order valence-corrected chi connectivity index (χ2v) is 3.71. The van der Waals surface area contributed by atoms with Crippen molar-refractivity contribution in [2.24, 2.45) is 0 Å². The minimum Gasteiger partial charge on any atom is -1.00 e. The van der Waals surface area contributed by atoms with Crippen LogP contribution in [0.5, 0.6) is 0 Å². The number of aryl methyl sites for hydroxylation is 1. The average Bonchev–Trinajstić information content (AvgIpc) is 2.39. The van der Waals surface area contributed by atoms with Crippen molar-refractivity contribution >= 4 is 5.78 Å². The molecular weight excluding hydrogens is 219 g/mol. The Hall–Kier alpha value is -0.890. The van der Waals surface area contributed by atoms with Crippen LogP contribution >= 0.6 is 0 Å². The Morgan fingerprint density at radius 3 is 2.24 bits per heavy atom. The number of rotatable bonds is 3. The van der Waals surface area contributed by atoms with Crippen LogP contribution in [0.15, 0.2) is 54.6 Å². The molecule has 0 aliphatic heterocycles. The minimum absolute atomic E-state index is 0.